The lowest BCUT2D eigenvalue weighted by Gasteiger charge is -2.13. The summed E-state index contributed by atoms with van der Waals surface area (Å²) < 4.78 is 32.9. The summed E-state index contributed by atoms with van der Waals surface area (Å²) in [5.41, 5.74) is 4.24. The maximum absolute atomic E-state index is 12.4. The third-order valence-corrected chi connectivity index (χ3v) is 5.52. The number of methoxy groups -OCH3 is 1. The molecule has 0 aliphatic rings. The van der Waals surface area contributed by atoms with E-state index < -0.39 is 10.0 Å². The molecular formula is C16H23N3O3S. The second-order valence-corrected chi connectivity index (χ2v) is 7.38. The van der Waals surface area contributed by atoms with Gasteiger partial charge in [-0.1, -0.05) is 6.07 Å². The summed E-state index contributed by atoms with van der Waals surface area (Å²) in [6, 6.07) is 4.03. The Morgan fingerprint density at radius 3 is 2.48 bits per heavy atom. The molecule has 0 saturated heterocycles. The lowest BCUT2D eigenvalue weighted by molar-refractivity contribution is 0.408. The van der Waals surface area contributed by atoms with Gasteiger partial charge in [0.2, 0.25) is 10.0 Å². The Morgan fingerprint density at radius 1 is 1.22 bits per heavy atom. The average molecular weight is 337 g/mol. The van der Waals surface area contributed by atoms with Crippen molar-refractivity contribution >= 4 is 10.0 Å². The molecule has 0 fully saturated rings. The fourth-order valence-corrected chi connectivity index (χ4v) is 4.18. The Bertz CT molecular complexity index is 791. The van der Waals surface area contributed by atoms with Crippen molar-refractivity contribution in [3.05, 3.63) is 40.2 Å². The molecule has 0 aliphatic heterocycles. The van der Waals surface area contributed by atoms with Crippen molar-refractivity contribution < 1.29 is 13.2 Å². The van der Waals surface area contributed by atoms with E-state index in [0.29, 0.717) is 24.4 Å². The van der Waals surface area contributed by atoms with E-state index in [2.05, 4.69) is 21.0 Å². The van der Waals surface area contributed by atoms with Crippen LogP contribution in [0.1, 0.15) is 28.1 Å². The maximum atomic E-state index is 12.4. The molecule has 0 bridgehead atoms. The zero-order chi connectivity index (χ0) is 17.2. The maximum Gasteiger partial charge on any atom is 0.244 e. The normalized spacial score (nSPS) is 11.7. The molecule has 23 heavy (non-hydrogen) atoms. The number of H-pyrrole nitrogens is 1. The number of rotatable bonds is 6. The van der Waals surface area contributed by atoms with Crippen molar-refractivity contribution in [2.24, 2.45) is 0 Å². The number of hydrogen-bond donors (Lipinski definition) is 2. The molecular weight excluding hydrogens is 314 g/mol. The molecule has 0 atom stereocenters. The molecule has 2 N–H and O–H groups in total. The Balaban J connectivity index is 2.14. The smallest absolute Gasteiger partial charge is 0.244 e. The SMILES string of the molecule is COc1cc(C)cc(C)c1CCNS(=O)(=O)c1c(C)n[nH]c1C. The van der Waals surface area contributed by atoms with Gasteiger partial charge in [-0.05, 0) is 56.9 Å². The van der Waals surface area contributed by atoms with Crippen LogP contribution in [-0.2, 0) is 16.4 Å². The lowest BCUT2D eigenvalue weighted by Crippen LogP contribution is -2.27. The van der Waals surface area contributed by atoms with Crippen molar-refractivity contribution in [3.8, 4) is 5.75 Å². The highest BCUT2D eigenvalue weighted by Crippen LogP contribution is 2.24. The quantitative estimate of drug-likeness (QED) is 0.846. The summed E-state index contributed by atoms with van der Waals surface area (Å²) in [7, 11) is -1.95. The van der Waals surface area contributed by atoms with Crippen molar-refractivity contribution in [1.82, 2.24) is 14.9 Å². The first-order chi connectivity index (χ1) is 10.8. The van der Waals surface area contributed by atoms with Gasteiger partial charge in [-0.3, -0.25) is 5.10 Å². The van der Waals surface area contributed by atoms with Gasteiger partial charge < -0.3 is 4.74 Å². The first-order valence-corrected chi connectivity index (χ1v) is 8.90. The molecule has 126 valence electrons. The fourth-order valence-electron chi connectivity index (χ4n) is 2.78. The number of aromatic amines is 1. The van der Waals surface area contributed by atoms with E-state index in [0.717, 1.165) is 22.4 Å². The van der Waals surface area contributed by atoms with E-state index in [9.17, 15) is 8.42 Å². The van der Waals surface area contributed by atoms with Crippen molar-refractivity contribution in [2.45, 2.75) is 39.0 Å². The number of benzene rings is 1. The molecule has 0 spiro atoms. The highest BCUT2D eigenvalue weighted by Gasteiger charge is 2.22. The Kier molecular flexibility index (Phi) is 5.11. The molecule has 1 aromatic carbocycles. The van der Waals surface area contributed by atoms with Crippen LogP contribution in [-0.4, -0.2) is 32.3 Å². The molecule has 1 aromatic heterocycles. The zero-order valence-electron chi connectivity index (χ0n) is 14.1. The lowest BCUT2D eigenvalue weighted by atomic mass is 10.0. The van der Waals surface area contributed by atoms with E-state index in [1.807, 2.05) is 19.9 Å². The fraction of sp³-hybridized carbons (Fsp3) is 0.438. The Labute approximate surface area is 137 Å². The molecule has 0 saturated carbocycles. The molecule has 7 heteroatoms. The van der Waals surface area contributed by atoms with Crippen LogP contribution in [0.25, 0.3) is 0 Å². The largest absolute Gasteiger partial charge is 0.496 e. The number of ether oxygens (including phenoxy) is 1. The Hall–Kier alpha value is -1.86. The van der Waals surface area contributed by atoms with E-state index in [1.54, 1.807) is 21.0 Å². The van der Waals surface area contributed by atoms with E-state index in [1.165, 1.54) is 0 Å². The standard InChI is InChI=1S/C16H23N3O3S/c1-10-8-11(2)14(15(9-10)22-5)6-7-17-23(20,21)16-12(3)18-19-13(16)4/h8-9,17H,6-7H2,1-5H3,(H,18,19). The van der Waals surface area contributed by atoms with Gasteiger partial charge in [0, 0.05) is 6.54 Å². The first-order valence-electron chi connectivity index (χ1n) is 7.41. The summed E-state index contributed by atoms with van der Waals surface area (Å²) in [6.45, 7) is 7.68. The van der Waals surface area contributed by atoms with Crippen molar-refractivity contribution in [3.63, 3.8) is 0 Å². The molecule has 0 aliphatic carbocycles. The van der Waals surface area contributed by atoms with Crippen LogP contribution in [0.2, 0.25) is 0 Å². The molecule has 0 radical (unpaired) electrons. The minimum atomic E-state index is -3.57. The number of nitrogens with one attached hydrogen (secondary N) is 2. The minimum Gasteiger partial charge on any atom is -0.496 e. The predicted octanol–water partition coefficient (Wildman–Crippen LogP) is 2.17. The van der Waals surface area contributed by atoms with Crippen LogP contribution in [0.15, 0.2) is 17.0 Å². The minimum absolute atomic E-state index is 0.227. The molecule has 0 unspecified atom stereocenters. The van der Waals surface area contributed by atoms with Crippen LogP contribution in [0, 0.1) is 27.7 Å². The van der Waals surface area contributed by atoms with Gasteiger partial charge in [0.05, 0.1) is 18.5 Å². The van der Waals surface area contributed by atoms with Crippen LogP contribution in [0.5, 0.6) is 5.75 Å². The number of aryl methyl sites for hydroxylation is 4. The highest BCUT2D eigenvalue weighted by molar-refractivity contribution is 7.89. The highest BCUT2D eigenvalue weighted by atomic mass is 32.2. The van der Waals surface area contributed by atoms with E-state index >= 15 is 0 Å². The van der Waals surface area contributed by atoms with Crippen molar-refractivity contribution in [2.75, 3.05) is 13.7 Å². The predicted molar refractivity (Wildman–Crippen MR) is 89.4 cm³/mol. The van der Waals surface area contributed by atoms with Gasteiger partial charge in [0.15, 0.2) is 0 Å². The third-order valence-electron chi connectivity index (χ3n) is 3.79. The monoisotopic (exact) mass is 337 g/mol. The van der Waals surface area contributed by atoms with Gasteiger partial charge in [0.1, 0.15) is 10.6 Å². The second-order valence-electron chi connectivity index (χ2n) is 5.67. The van der Waals surface area contributed by atoms with Gasteiger partial charge in [-0.2, -0.15) is 5.10 Å². The topological polar surface area (TPSA) is 84.1 Å². The van der Waals surface area contributed by atoms with Gasteiger partial charge in [-0.25, -0.2) is 13.1 Å². The number of sulfonamides is 1. The summed E-state index contributed by atoms with van der Waals surface area (Å²) in [5, 5.41) is 6.63. The van der Waals surface area contributed by atoms with E-state index in [4.69, 9.17) is 4.74 Å². The van der Waals surface area contributed by atoms with E-state index in [-0.39, 0.29) is 4.90 Å². The van der Waals surface area contributed by atoms with Crippen LogP contribution < -0.4 is 9.46 Å². The Morgan fingerprint density at radius 2 is 1.91 bits per heavy atom. The molecule has 2 aromatic rings. The number of nitrogens with zero attached hydrogens (tertiary/aromatic N) is 1. The first kappa shape index (κ1) is 17.5. The molecule has 0 amide bonds. The zero-order valence-corrected chi connectivity index (χ0v) is 15.0. The van der Waals surface area contributed by atoms with Crippen LogP contribution in [0.4, 0.5) is 0 Å². The van der Waals surface area contributed by atoms with Gasteiger partial charge >= 0.3 is 0 Å². The van der Waals surface area contributed by atoms with Crippen LogP contribution >= 0.6 is 0 Å². The van der Waals surface area contributed by atoms with Gasteiger partial charge in [0.25, 0.3) is 0 Å². The molecule has 2 rings (SSSR count). The van der Waals surface area contributed by atoms with Crippen molar-refractivity contribution in [1.29, 1.82) is 0 Å². The molecule has 6 nitrogen and oxygen atoms in total. The summed E-state index contributed by atoms with van der Waals surface area (Å²) in [6.07, 6.45) is 0.560. The number of hydrogen-bond acceptors (Lipinski definition) is 4. The second kappa shape index (κ2) is 6.72. The summed E-state index contributed by atoms with van der Waals surface area (Å²) in [5.74, 6) is 0.789. The number of aromatic nitrogens is 2. The summed E-state index contributed by atoms with van der Waals surface area (Å²) >= 11 is 0. The summed E-state index contributed by atoms with van der Waals surface area (Å²) in [4.78, 5) is 0.227. The third kappa shape index (κ3) is 3.73. The average Bonchev–Trinajstić information content (AvgIpc) is 2.80. The van der Waals surface area contributed by atoms with Crippen LogP contribution in [0.3, 0.4) is 0 Å². The van der Waals surface area contributed by atoms with Gasteiger partial charge in [-0.15, -0.1) is 0 Å². The molecule has 1 heterocycles.